The summed E-state index contributed by atoms with van der Waals surface area (Å²) in [7, 11) is 0. The van der Waals surface area contributed by atoms with Gasteiger partial charge in [0.1, 0.15) is 5.41 Å². The number of halogens is 2. The van der Waals surface area contributed by atoms with Gasteiger partial charge in [-0.3, -0.25) is 4.79 Å². The molecule has 1 aromatic carbocycles. The molecule has 0 atom stereocenters. The zero-order valence-corrected chi connectivity index (χ0v) is 12.0. The van der Waals surface area contributed by atoms with Crippen LogP contribution in [0.4, 0.5) is 5.69 Å². The molecule has 0 heterocycles. The maximum absolute atomic E-state index is 11.7. The number of hydrogen-bond donors (Lipinski definition) is 1. The Morgan fingerprint density at radius 1 is 1.44 bits per heavy atom. The smallest absolute Gasteiger partial charge is 0.244 e. The average Bonchev–Trinajstić information content (AvgIpc) is 2.22. The Morgan fingerprint density at radius 2 is 2.06 bits per heavy atom. The first-order valence-corrected chi connectivity index (χ1v) is 6.13. The lowest BCUT2D eigenvalue weighted by molar-refractivity contribution is -0.121. The fourth-order valence-electron chi connectivity index (χ4n) is 0.920. The van der Waals surface area contributed by atoms with Crippen LogP contribution in [-0.4, -0.2) is 5.91 Å². The highest BCUT2D eigenvalue weighted by Crippen LogP contribution is 2.27. The fourth-order valence-corrected chi connectivity index (χ4v) is 2.07. The topological polar surface area (TPSA) is 52.9 Å². The Balaban J connectivity index is 2.91. The molecule has 5 heteroatoms. The van der Waals surface area contributed by atoms with Crippen molar-refractivity contribution < 1.29 is 4.79 Å². The average molecular weight is 346 g/mol. The third-order valence-electron chi connectivity index (χ3n) is 2.03. The first kappa shape index (κ1) is 13.2. The summed E-state index contributed by atoms with van der Waals surface area (Å²) < 4.78 is 1.68. The third kappa shape index (κ3) is 3.06. The molecule has 0 aromatic heterocycles. The Bertz CT molecular complexity index is 464. The van der Waals surface area contributed by atoms with Gasteiger partial charge in [0.25, 0.3) is 0 Å². The zero-order chi connectivity index (χ0) is 12.3. The maximum atomic E-state index is 11.7. The van der Waals surface area contributed by atoms with Crippen molar-refractivity contribution in [2.24, 2.45) is 5.41 Å². The number of nitrogens with one attached hydrogen (secondary N) is 1. The molecule has 0 aliphatic rings. The standard InChI is InChI=1S/C11H10Br2N2O/c1-11(2,6-14)10(16)15-9-4-3-7(12)5-8(9)13/h3-5H,1-2H3,(H,15,16). The van der Waals surface area contributed by atoms with Gasteiger partial charge >= 0.3 is 0 Å². The van der Waals surface area contributed by atoms with Crippen LogP contribution in [0.2, 0.25) is 0 Å². The Hall–Kier alpha value is -0.860. The van der Waals surface area contributed by atoms with Gasteiger partial charge in [0.2, 0.25) is 5.91 Å². The van der Waals surface area contributed by atoms with Gasteiger partial charge in [-0.15, -0.1) is 0 Å². The lowest BCUT2D eigenvalue weighted by atomic mass is 9.95. The van der Waals surface area contributed by atoms with Crippen molar-refractivity contribution in [1.29, 1.82) is 5.26 Å². The molecule has 0 bridgehead atoms. The first-order valence-electron chi connectivity index (χ1n) is 4.54. The van der Waals surface area contributed by atoms with E-state index in [9.17, 15) is 4.79 Å². The van der Waals surface area contributed by atoms with E-state index in [0.29, 0.717) is 5.69 Å². The molecule has 1 aromatic rings. The van der Waals surface area contributed by atoms with E-state index in [-0.39, 0.29) is 5.91 Å². The van der Waals surface area contributed by atoms with Crippen molar-refractivity contribution in [2.75, 3.05) is 5.32 Å². The van der Waals surface area contributed by atoms with Gasteiger partial charge in [-0.1, -0.05) is 15.9 Å². The van der Waals surface area contributed by atoms with Gasteiger partial charge < -0.3 is 5.32 Å². The molecule has 1 rings (SSSR count). The molecule has 0 radical (unpaired) electrons. The van der Waals surface area contributed by atoms with Crippen molar-refractivity contribution in [3.63, 3.8) is 0 Å². The molecule has 0 fully saturated rings. The van der Waals surface area contributed by atoms with E-state index in [1.807, 2.05) is 18.2 Å². The minimum Gasteiger partial charge on any atom is -0.324 e. The number of amides is 1. The van der Waals surface area contributed by atoms with Crippen LogP contribution in [0.5, 0.6) is 0 Å². The van der Waals surface area contributed by atoms with Crippen LogP contribution in [-0.2, 0) is 4.79 Å². The van der Waals surface area contributed by atoms with E-state index in [1.165, 1.54) is 0 Å². The van der Waals surface area contributed by atoms with Crippen LogP contribution in [0.3, 0.4) is 0 Å². The van der Waals surface area contributed by atoms with Crippen molar-refractivity contribution in [3.8, 4) is 6.07 Å². The van der Waals surface area contributed by atoms with E-state index < -0.39 is 5.41 Å². The summed E-state index contributed by atoms with van der Waals surface area (Å²) in [4.78, 5) is 11.7. The summed E-state index contributed by atoms with van der Waals surface area (Å²) in [5.41, 5.74) is -0.386. The predicted molar refractivity (Wildman–Crippen MR) is 69.9 cm³/mol. The normalized spacial score (nSPS) is 10.7. The molecular weight excluding hydrogens is 336 g/mol. The number of carbonyl (C=O) groups is 1. The van der Waals surface area contributed by atoms with Gasteiger partial charge in [0.05, 0.1) is 11.8 Å². The molecule has 1 amide bonds. The number of rotatable bonds is 2. The van der Waals surface area contributed by atoms with Crippen molar-refractivity contribution in [1.82, 2.24) is 0 Å². The van der Waals surface area contributed by atoms with Gasteiger partial charge in [-0.05, 0) is 48.0 Å². The molecule has 0 spiro atoms. The first-order chi connectivity index (χ1) is 7.36. The van der Waals surface area contributed by atoms with Crippen LogP contribution in [0.1, 0.15) is 13.8 Å². The highest BCUT2D eigenvalue weighted by atomic mass is 79.9. The number of benzene rings is 1. The van der Waals surface area contributed by atoms with Gasteiger partial charge in [0, 0.05) is 8.95 Å². The SMILES string of the molecule is CC(C)(C#N)C(=O)Nc1ccc(Br)cc1Br. The number of carbonyl (C=O) groups excluding carboxylic acids is 1. The molecule has 0 unspecified atom stereocenters. The van der Waals surface area contributed by atoms with Gasteiger partial charge in [-0.25, -0.2) is 0 Å². The van der Waals surface area contributed by atoms with Crippen molar-refractivity contribution in [2.45, 2.75) is 13.8 Å². The number of anilines is 1. The molecule has 84 valence electrons. The van der Waals surface area contributed by atoms with E-state index in [0.717, 1.165) is 8.95 Å². The monoisotopic (exact) mass is 344 g/mol. The van der Waals surface area contributed by atoms with E-state index in [4.69, 9.17) is 5.26 Å². The Kier molecular flexibility index (Phi) is 4.11. The largest absolute Gasteiger partial charge is 0.324 e. The highest BCUT2D eigenvalue weighted by Gasteiger charge is 2.27. The van der Waals surface area contributed by atoms with Crippen LogP contribution >= 0.6 is 31.9 Å². The van der Waals surface area contributed by atoms with Crippen LogP contribution in [0, 0.1) is 16.7 Å². The zero-order valence-electron chi connectivity index (χ0n) is 8.84. The lowest BCUT2D eigenvalue weighted by Crippen LogP contribution is -2.29. The van der Waals surface area contributed by atoms with Crippen LogP contribution in [0.25, 0.3) is 0 Å². The van der Waals surface area contributed by atoms with E-state index >= 15 is 0 Å². The highest BCUT2D eigenvalue weighted by molar-refractivity contribution is 9.11. The summed E-state index contributed by atoms with van der Waals surface area (Å²) in [6.45, 7) is 3.16. The molecule has 16 heavy (non-hydrogen) atoms. The number of nitriles is 1. The molecular formula is C11H10Br2N2O. The number of hydrogen-bond acceptors (Lipinski definition) is 2. The molecule has 1 N–H and O–H groups in total. The van der Waals surface area contributed by atoms with E-state index in [1.54, 1.807) is 19.9 Å². The quantitative estimate of drug-likeness (QED) is 0.888. The van der Waals surface area contributed by atoms with Gasteiger partial charge in [-0.2, -0.15) is 5.26 Å². The minimum absolute atomic E-state index is 0.321. The molecule has 0 aliphatic carbocycles. The Labute approximate surface area is 111 Å². The summed E-state index contributed by atoms with van der Waals surface area (Å²) in [6, 6.07) is 7.37. The second-order valence-electron chi connectivity index (χ2n) is 3.82. The summed E-state index contributed by atoms with van der Waals surface area (Å²) in [5, 5.41) is 11.5. The van der Waals surface area contributed by atoms with Gasteiger partial charge in [0.15, 0.2) is 0 Å². The Morgan fingerprint density at radius 3 is 2.56 bits per heavy atom. The molecule has 0 saturated carbocycles. The van der Waals surface area contributed by atoms with Crippen molar-refractivity contribution >= 4 is 43.5 Å². The van der Waals surface area contributed by atoms with Crippen LogP contribution < -0.4 is 5.32 Å². The van der Waals surface area contributed by atoms with E-state index in [2.05, 4.69) is 37.2 Å². The van der Waals surface area contributed by atoms with Crippen molar-refractivity contribution in [3.05, 3.63) is 27.1 Å². The molecule has 0 aliphatic heterocycles. The molecule has 3 nitrogen and oxygen atoms in total. The minimum atomic E-state index is -1.04. The summed E-state index contributed by atoms with van der Waals surface area (Å²) in [6.07, 6.45) is 0. The summed E-state index contributed by atoms with van der Waals surface area (Å²) in [5.74, 6) is -0.321. The second-order valence-corrected chi connectivity index (χ2v) is 5.59. The third-order valence-corrected chi connectivity index (χ3v) is 3.18. The summed E-state index contributed by atoms with van der Waals surface area (Å²) >= 11 is 6.66. The molecule has 0 saturated heterocycles. The number of nitrogens with zero attached hydrogens (tertiary/aromatic N) is 1. The second kappa shape index (κ2) is 4.98. The maximum Gasteiger partial charge on any atom is 0.244 e. The van der Waals surface area contributed by atoms with Crippen LogP contribution in [0.15, 0.2) is 27.1 Å². The lowest BCUT2D eigenvalue weighted by Gasteiger charge is -2.15. The predicted octanol–water partition coefficient (Wildman–Crippen LogP) is 3.70. The fraction of sp³-hybridized carbons (Fsp3) is 0.273.